The van der Waals surface area contributed by atoms with E-state index in [1.165, 1.54) is 22.3 Å². The number of carbonyl (C=O) groups excluding carboxylic acids is 2. The molecule has 0 saturated carbocycles. The topological polar surface area (TPSA) is 135 Å². The number of aryl methyl sites for hydroxylation is 1. The number of nitrogens with one attached hydrogen (secondary N) is 1. The van der Waals surface area contributed by atoms with Gasteiger partial charge >= 0.3 is 10.3 Å². The number of hydrogen-bond donors (Lipinski definition) is 2. The van der Waals surface area contributed by atoms with E-state index in [2.05, 4.69) is 0 Å². The first-order valence-corrected chi connectivity index (χ1v) is 10.8. The Morgan fingerprint density at radius 2 is 1.41 bits per heavy atom. The summed E-state index contributed by atoms with van der Waals surface area (Å²) in [5, 5.41) is 0. The second-order valence-electron chi connectivity index (χ2n) is 6.02. The van der Waals surface area contributed by atoms with Gasteiger partial charge in [0.25, 0.3) is 10.0 Å². The Hall–Kier alpha value is -2.40. The van der Waals surface area contributed by atoms with E-state index in [0.29, 0.717) is 6.42 Å². The van der Waals surface area contributed by atoms with Crippen molar-refractivity contribution in [3.8, 4) is 0 Å². The Balaban J connectivity index is 2.27. The number of carbonyl (C=O) groups is 2. The summed E-state index contributed by atoms with van der Waals surface area (Å²) in [5.74, 6) is -0.948. The molecule has 0 atom stereocenters. The number of sulfonamides is 1. The average Bonchev–Trinajstić information content (AvgIpc) is 2.57. The fourth-order valence-corrected chi connectivity index (χ4v) is 5.32. The summed E-state index contributed by atoms with van der Waals surface area (Å²) in [5.41, 5.74) is 0.476. The molecular weight excluding hydrogens is 394 g/mol. The van der Waals surface area contributed by atoms with Crippen LogP contribution in [0.15, 0.2) is 41.3 Å². The van der Waals surface area contributed by atoms with Crippen molar-refractivity contribution < 1.29 is 31.0 Å². The zero-order chi connectivity index (χ0) is 20.0. The minimum absolute atomic E-state index is 0.0629. The normalized spacial score (nSPS) is 14.0. The van der Waals surface area contributed by atoms with Crippen molar-refractivity contribution in [2.24, 2.45) is 0 Å². The maximum Gasteiger partial charge on any atom is 0.346 e. The molecule has 1 aliphatic rings. The van der Waals surface area contributed by atoms with Crippen molar-refractivity contribution in [3.63, 3.8) is 0 Å². The Morgan fingerprint density at radius 3 is 1.89 bits per heavy atom. The van der Waals surface area contributed by atoms with E-state index in [9.17, 15) is 26.4 Å². The molecule has 0 saturated heterocycles. The molecular formula is C17H15NO7S2. The van der Waals surface area contributed by atoms with Crippen molar-refractivity contribution in [3.05, 3.63) is 64.2 Å². The molecule has 0 heterocycles. The first-order chi connectivity index (χ1) is 12.5. The SMILES string of the molecule is CCCc1cc2c(cc1S(=O)(=O)NS(=O)(=O)O)C(=O)c1ccccc1C2=O. The second kappa shape index (κ2) is 6.64. The van der Waals surface area contributed by atoms with Gasteiger partial charge in [0, 0.05) is 22.3 Å². The van der Waals surface area contributed by atoms with Crippen LogP contribution in [-0.2, 0) is 26.7 Å². The molecule has 27 heavy (non-hydrogen) atoms. The molecule has 142 valence electrons. The van der Waals surface area contributed by atoms with Crippen LogP contribution in [0.4, 0.5) is 0 Å². The third-order valence-electron chi connectivity index (χ3n) is 4.13. The Bertz CT molecular complexity index is 1180. The summed E-state index contributed by atoms with van der Waals surface area (Å²) >= 11 is 0. The van der Waals surface area contributed by atoms with Crippen LogP contribution in [0.2, 0.25) is 0 Å². The molecule has 0 radical (unpaired) electrons. The standard InChI is InChI=1S/C17H15NO7S2/c1-2-5-10-8-13-14(9-15(10)26(21,22)18-27(23,24)25)17(20)12-7-4-3-6-11(12)16(13)19/h3-4,6-9,18H,2,5H2,1H3,(H,23,24,25). The van der Waals surface area contributed by atoms with Crippen molar-refractivity contribution in [2.45, 2.75) is 24.7 Å². The van der Waals surface area contributed by atoms with Crippen LogP contribution in [0.25, 0.3) is 0 Å². The summed E-state index contributed by atoms with van der Waals surface area (Å²) < 4.78 is 56.9. The molecule has 0 amide bonds. The average molecular weight is 409 g/mol. The molecule has 0 aliphatic heterocycles. The monoisotopic (exact) mass is 409 g/mol. The molecule has 10 heteroatoms. The molecule has 3 rings (SSSR count). The van der Waals surface area contributed by atoms with E-state index < -0.39 is 36.8 Å². The maximum absolute atomic E-state index is 12.8. The van der Waals surface area contributed by atoms with Gasteiger partial charge in [0.1, 0.15) is 0 Å². The summed E-state index contributed by atoms with van der Waals surface area (Å²) in [6, 6.07) is 8.47. The lowest BCUT2D eigenvalue weighted by molar-refractivity contribution is 0.0978. The smallest absolute Gasteiger partial charge is 0.289 e. The highest BCUT2D eigenvalue weighted by molar-refractivity contribution is 8.02. The number of rotatable bonds is 5. The lowest BCUT2D eigenvalue weighted by atomic mass is 9.83. The summed E-state index contributed by atoms with van der Waals surface area (Å²) in [7, 11) is -9.72. The van der Waals surface area contributed by atoms with Gasteiger partial charge in [0.15, 0.2) is 11.6 Å². The quantitative estimate of drug-likeness (QED) is 0.610. The summed E-state index contributed by atoms with van der Waals surface area (Å²) in [6.45, 7) is 1.77. The fraction of sp³-hybridized carbons (Fsp3) is 0.176. The highest BCUT2D eigenvalue weighted by Crippen LogP contribution is 2.31. The van der Waals surface area contributed by atoms with Gasteiger partial charge in [-0.15, -0.1) is 0 Å². The predicted molar refractivity (Wildman–Crippen MR) is 95.6 cm³/mol. The van der Waals surface area contributed by atoms with Crippen LogP contribution in [0.5, 0.6) is 0 Å². The Morgan fingerprint density at radius 1 is 0.889 bits per heavy atom. The number of benzene rings is 2. The minimum Gasteiger partial charge on any atom is -0.289 e. The van der Waals surface area contributed by atoms with Crippen LogP contribution < -0.4 is 4.13 Å². The lowest BCUT2D eigenvalue weighted by Crippen LogP contribution is -2.31. The van der Waals surface area contributed by atoms with E-state index in [4.69, 9.17) is 4.55 Å². The van der Waals surface area contributed by atoms with E-state index in [1.807, 2.05) is 0 Å². The zero-order valence-corrected chi connectivity index (χ0v) is 15.7. The van der Waals surface area contributed by atoms with Crippen molar-refractivity contribution in [1.82, 2.24) is 4.13 Å². The van der Waals surface area contributed by atoms with Crippen molar-refractivity contribution in [1.29, 1.82) is 0 Å². The first kappa shape index (κ1) is 19.4. The Labute approximate surface area is 156 Å². The second-order valence-corrected chi connectivity index (χ2v) is 9.08. The van der Waals surface area contributed by atoms with Gasteiger partial charge in [-0.1, -0.05) is 41.7 Å². The number of hydrogen-bond acceptors (Lipinski definition) is 6. The van der Waals surface area contributed by atoms with Gasteiger partial charge < -0.3 is 0 Å². The van der Waals surface area contributed by atoms with E-state index in [1.54, 1.807) is 19.1 Å². The molecule has 2 aromatic carbocycles. The molecule has 0 spiro atoms. The predicted octanol–water partition coefficient (Wildman–Crippen LogP) is 1.50. The Kier molecular flexibility index (Phi) is 4.76. The molecule has 2 N–H and O–H groups in total. The minimum atomic E-state index is -5.05. The first-order valence-electron chi connectivity index (χ1n) is 7.91. The van der Waals surface area contributed by atoms with Crippen LogP contribution >= 0.6 is 0 Å². The third-order valence-corrected chi connectivity index (χ3v) is 6.81. The largest absolute Gasteiger partial charge is 0.346 e. The highest BCUT2D eigenvalue weighted by Gasteiger charge is 2.33. The van der Waals surface area contributed by atoms with Gasteiger partial charge in [-0.2, -0.15) is 8.42 Å². The molecule has 8 nitrogen and oxygen atoms in total. The summed E-state index contributed by atoms with van der Waals surface area (Å²) in [6.07, 6.45) is 0.726. The van der Waals surface area contributed by atoms with Crippen molar-refractivity contribution in [2.75, 3.05) is 0 Å². The van der Waals surface area contributed by atoms with E-state index in [-0.39, 0.29) is 34.2 Å². The lowest BCUT2D eigenvalue weighted by Gasteiger charge is -2.20. The van der Waals surface area contributed by atoms with Crippen LogP contribution in [0.1, 0.15) is 50.8 Å². The van der Waals surface area contributed by atoms with Gasteiger partial charge in [-0.3, -0.25) is 14.1 Å². The summed E-state index contributed by atoms with van der Waals surface area (Å²) in [4.78, 5) is 25.0. The number of fused-ring (bicyclic) bond motifs is 2. The highest BCUT2D eigenvalue weighted by atomic mass is 32.3. The molecule has 0 aromatic heterocycles. The fourth-order valence-electron chi connectivity index (χ4n) is 3.07. The number of ketones is 2. The van der Waals surface area contributed by atoms with Gasteiger partial charge in [-0.25, -0.2) is 8.42 Å². The van der Waals surface area contributed by atoms with E-state index in [0.717, 1.165) is 6.07 Å². The van der Waals surface area contributed by atoms with E-state index >= 15 is 0 Å². The van der Waals surface area contributed by atoms with Crippen LogP contribution in [0, 0.1) is 0 Å². The zero-order valence-electron chi connectivity index (χ0n) is 14.1. The van der Waals surface area contributed by atoms with Gasteiger partial charge in [-0.05, 0) is 24.1 Å². The third kappa shape index (κ3) is 3.56. The molecule has 0 bridgehead atoms. The van der Waals surface area contributed by atoms with Gasteiger partial charge in [0.2, 0.25) is 0 Å². The van der Waals surface area contributed by atoms with Crippen LogP contribution in [-0.4, -0.2) is 33.0 Å². The maximum atomic E-state index is 12.8. The molecule has 1 aliphatic carbocycles. The molecule has 0 unspecified atom stereocenters. The molecule has 2 aromatic rings. The van der Waals surface area contributed by atoms with Crippen LogP contribution in [0.3, 0.4) is 0 Å². The van der Waals surface area contributed by atoms with Gasteiger partial charge in [0.05, 0.1) is 4.90 Å². The molecule has 0 fully saturated rings. The van der Waals surface area contributed by atoms with Crippen molar-refractivity contribution >= 4 is 31.9 Å².